The number of nitrogens with one attached hydrogen (secondary N) is 2. The van der Waals surface area contributed by atoms with E-state index in [0.717, 1.165) is 0 Å². The number of anilines is 1. The van der Waals surface area contributed by atoms with Crippen LogP contribution in [0.4, 0.5) is 5.82 Å². The van der Waals surface area contributed by atoms with Crippen LogP contribution in [0.3, 0.4) is 0 Å². The summed E-state index contributed by atoms with van der Waals surface area (Å²) in [7, 11) is 4.52. The van der Waals surface area contributed by atoms with Crippen LogP contribution < -0.4 is 25.1 Å². The minimum absolute atomic E-state index is 0.0905. The Morgan fingerprint density at radius 3 is 2.46 bits per heavy atom. The Balaban J connectivity index is 2.14. The third kappa shape index (κ3) is 3.64. The molecule has 0 radical (unpaired) electrons. The number of fused-ring (bicyclic) bond motifs is 1. The van der Waals surface area contributed by atoms with E-state index in [1.807, 2.05) is 0 Å². The van der Waals surface area contributed by atoms with E-state index >= 15 is 0 Å². The van der Waals surface area contributed by atoms with Crippen molar-refractivity contribution in [1.82, 2.24) is 9.97 Å². The van der Waals surface area contributed by atoms with Gasteiger partial charge in [0, 0.05) is 12.3 Å². The van der Waals surface area contributed by atoms with Gasteiger partial charge in [-0.05, 0) is 17.7 Å². The highest BCUT2D eigenvalue weighted by Gasteiger charge is 2.32. The predicted molar refractivity (Wildman–Crippen MR) is 106 cm³/mol. The summed E-state index contributed by atoms with van der Waals surface area (Å²) in [6.07, 6.45) is 5.35. The molecule has 0 fully saturated rings. The Morgan fingerprint density at radius 2 is 1.89 bits per heavy atom. The third-order valence-corrected chi connectivity index (χ3v) is 5.09. The van der Waals surface area contributed by atoms with Gasteiger partial charge in [-0.15, -0.1) is 6.42 Å². The molecule has 0 saturated carbocycles. The fraction of sp³-hybridized carbons (Fsp3) is 0.316. The lowest BCUT2D eigenvalue weighted by atomic mass is 9.86. The van der Waals surface area contributed by atoms with Gasteiger partial charge >= 0.3 is 0 Å². The second-order valence-electron chi connectivity index (χ2n) is 5.89. The number of benzene rings is 1. The van der Waals surface area contributed by atoms with Crippen molar-refractivity contribution in [2.45, 2.75) is 17.5 Å². The summed E-state index contributed by atoms with van der Waals surface area (Å²) in [5.74, 6) is 3.62. The van der Waals surface area contributed by atoms with Crippen molar-refractivity contribution in [2.24, 2.45) is 0 Å². The Hall–Kier alpha value is -3.12. The van der Waals surface area contributed by atoms with Crippen LogP contribution in [0.15, 0.2) is 22.1 Å². The zero-order valence-corrected chi connectivity index (χ0v) is 16.4. The number of hydrogen-bond acceptors (Lipinski definition) is 7. The number of H-pyrrole nitrogens is 1. The summed E-state index contributed by atoms with van der Waals surface area (Å²) >= 11 is 1.21. The number of aromatic nitrogens is 2. The highest BCUT2D eigenvalue weighted by molar-refractivity contribution is 7.99. The number of hydrogen-bond donors (Lipinski definition) is 2. The van der Waals surface area contributed by atoms with Crippen LogP contribution in [-0.4, -0.2) is 43.0 Å². The van der Waals surface area contributed by atoms with Gasteiger partial charge in [0.25, 0.3) is 5.56 Å². The number of nitrogens with zero attached hydrogens (tertiary/aromatic N) is 1. The van der Waals surface area contributed by atoms with E-state index in [9.17, 15) is 9.59 Å². The second kappa shape index (κ2) is 8.27. The quantitative estimate of drug-likeness (QED) is 0.434. The molecule has 2 aromatic rings. The Bertz CT molecular complexity index is 987. The number of rotatable bonds is 6. The number of ether oxygens (including phenoxy) is 3. The van der Waals surface area contributed by atoms with Crippen molar-refractivity contribution in [3.63, 3.8) is 0 Å². The molecule has 1 aromatic carbocycles. The Morgan fingerprint density at radius 1 is 1.21 bits per heavy atom. The zero-order valence-electron chi connectivity index (χ0n) is 15.6. The molecule has 9 heteroatoms. The van der Waals surface area contributed by atoms with E-state index in [1.54, 1.807) is 12.1 Å². The molecule has 28 heavy (non-hydrogen) atoms. The van der Waals surface area contributed by atoms with Gasteiger partial charge < -0.3 is 24.5 Å². The minimum Gasteiger partial charge on any atom is -0.493 e. The van der Waals surface area contributed by atoms with Gasteiger partial charge in [0.1, 0.15) is 5.82 Å². The van der Waals surface area contributed by atoms with Gasteiger partial charge in [0.05, 0.1) is 32.6 Å². The number of terminal acetylenes is 1. The molecular formula is C19H19N3O5S. The fourth-order valence-corrected chi connectivity index (χ4v) is 3.66. The summed E-state index contributed by atoms with van der Waals surface area (Å²) in [6.45, 7) is 0. The van der Waals surface area contributed by atoms with Crippen molar-refractivity contribution in [2.75, 3.05) is 32.4 Å². The van der Waals surface area contributed by atoms with Crippen LogP contribution in [0.25, 0.3) is 0 Å². The summed E-state index contributed by atoms with van der Waals surface area (Å²) in [5.41, 5.74) is 0.726. The molecule has 0 spiro atoms. The number of carbonyl (C=O) groups excluding carboxylic acids is 1. The van der Waals surface area contributed by atoms with E-state index < -0.39 is 5.92 Å². The van der Waals surface area contributed by atoms with Gasteiger partial charge in [0.15, 0.2) is 16.7 Å². The summed E-state index contributed by atoms with van der Waals surface area (Å²) in [4.78, 5) is 32.1. The molecule has 0 unspecified atom stereocenters. The Labute approximate surface area is 166 Å². The van der Waals surface area contributed by atoms with Crippen LogP contribution in [-0.2, 0) is 4.79 Å². The topological polar surface area (TPSA) is 103 Å². The molecule has 0 aliphatic carbocycles. The molecule has 146 valence electrons. The Kier molecular flexibility index (Phi) is 5.80. The molecule has 1 amide bonds. The average Bonchev–Trinajstić information content (AvgIpc) is 2.69. The van der Waals surface area contributed by atoms with E-state index in [0.29, 0.717) is 39.3 Å². The number of methoxy groups -OCH3 is 3. The number of thioether (sulfide) groups is 1. The lowest BCUT2D eigenvalue weighted by Crippen LogP contribution is -2.31. The molecule has 8 nitrogen and oxygen atoms in total. The molecule has 0 bridgehead atoms. The van der Waals surface area contributed by atoms with Gasteiger partial charge in [-0.3, -0.25) is 9.59 Å². The maximum atomic E-state index is 12.8. The lowest BCUT2D eigenvalue weighted by molar-refractivity contribution is -0.116. The van der Waals surface area contributed by atoms with Crippen LogP contribution >= 0.6 is 11.8 Å². The number of carbonyl (C=O) groups is 1. The van der Waals surface area contributed by atoms with Crippen LogP contribution in [0.2, 0.25) is 0 Å². The highest BCUT2D eigenvalue weighted by atomic mass is 32.2. The van der Waals surface area contributed by atoms with Crippen molar-refractivity contribution >= 4 is 23.5 Å². The first kappa shape index (κ1) is 19.6. The van der Waals surface area contributed by atoms with Crippen LogP contribution in [0.5, 0.6) is 17.2 Å². The molecule has 2 heterocycles. The lowest BCUT2D eigenvalue weighted by Gasteiger charge is -2.25. The first-order valence-corrected chi connectivity index (χ1v) is 9.31. The summed E-state index contributed by atoms with van der Waals surface area (Å²) in [6, 6.07) is 3.46. The van der Waals surface area contributed by atoms with Crippen molar-refractivity contribution in [3.8, 4) is 29.6 Å². The molecule has 3 rings (SSSR count). The SMILES string of the molecule is C#CCSc1nc2c(c(=O)[nH]1)[C@@H](c1cc(OC)c(OC)c(OC)c1)CC(=O)N2. The average molecular weight is 401 g/mol. The maximum absolute atomic E-state index is 12.8. The maximum Gasteiger partial charge on any atom is 0.257 e. The summed E-state index contributed by atoms with van der Waals surface area (Å²) < 4.78 is 16.1. The van der Waals surface area contributed by atoms with Crippen LogP contribution in [0.1, 0.15) is 23.5 Å². The van der Waals surface area contributed by atoms with Crippen molar-refractivity contribution in [1.29, 1.82) is 0 Å². The fourth-order valence-electron chi connectivity index (χ4n) is 3.12. The van der Waals surface area contributed by atoms with E-state index in [1.165, 1.54) is 33.1 Å². The molecular weight excluding hydrogens is 382 g/mol. The van der Waals surface area contributed by atoms with Crippen molar-refractivity contribution in [3.05, 3.63) is 33.6 Å². The van der Waals surface area contributed by atoms with E-state index in [-0.39, 0.29) is 23.7 Å². The van der Waals surface area contributed by atoms with Crippen molar-refractivity contribution < 1.29 is 19.0 Å². The molecule has 1 aliphatic heterocycles. The molecule has 1 aliphatic rings. The van der Waals surface area contributed by atoms with Gasteiger partial charge in [-0.2, -0.15) is 0 Å². The third-order valence-electron chi connectivity index (χ3n) is 4.31. The summed E-state index contributed by atoms with van der Waals surface area (Å²) in [5, 5.41) is 3.03. The molecule has 1 aromatic heterocycles. The monoisotopic (exact) mass is 401 g/mol. The first-order valence-electron chi connectivity index (χ1n) is 8.32. The smallest absolute Gasteiger partial charge is 0.257 e. The van der Waals surface area contributed by atoms with E-state index in [4.69, 9.17) is 20.6 Å². The van der Waals surface area contributed by atoms with Gasteiger partial charge in [0.2, 0.25) is 11.7 Å². The molecule has 0 saturated heterocycles. The first-order chi connectivity index (χ1) is 13.5. The zero-order chi connectivity index (χ0) is 20.3. The van der Waals surface area contributed by atoms with Crippen LogP contribution in [0, 0.1) is 12.3 Å². The minimum atomic E-state index is -0.514. The predicted octanol–water partition coefficient (Wildman–Crippen LogP) is 2.00. The number of aromatic amines is 1. The highest BCUT2D eigenvalue weighted by Crippen LogP contribution is 2.43. The second-order valence-corrected chi connectivity index (χ2v) is 6.85. The largest absolute Gasteiger partial charge is 0.493 e. The molecule has 2 N–H and O–H groups in total. The normalized spacial score (nSPS) is 15.2. The van der Waals surface area contributed by atoms with Gasteiger partial charge in [-0.1, -0.05) is 17.7 Å². The standard InChI is InChI=1S/C19H19N3O5S/c1-5-6-28-19-21-17-15(18(24)22-19)11(9-14(23)20-17)10-7-12(25-2)16(27-4)13(8-10)26-3/h1,7-8,11H,6,9H2,2-4H3,(H2,20,21,22,23,24)/t11-/m1/s1. The van der Waals surface area contributed by atoms with E-state index in [2.05, 4.69) is 21.2 Å². The van der Waals surface area contributed by atoms with Gasteiger partial charge in [-0.25, -0.2) is 4.98 Å². The number of amides is 1. The molecule has 1 atom stereocenters.